The number of amides is 2. The summed E-state index contributed by atoms with van der Waals surface area (Å²) in [7, 11) is 0. The van der Waals surface area contributed by atoms with Crippen molar-refractivity contribution < 1.29 is 9.59 Å². The third-order valence-electron chi connectivity index (χ3n) is 5.38. The van der Waals surface area contributed by atoms with Crippen molar-refractivity contribution in [3.8, 4) is 0 Å². The lowest BCUT2D eigenvalue weighted by Crippen LogP contribution is -2.38. The van der Waals surface area contributed by atoms with Crippen LogP contribution in [0.5, 0.6) is 0 Å². The van der Waals surface area contributed by atoms with Crippen molar-refractivity contribution in [3.63, 3.8) is 0 Å². The highest BCUT2D eigenvalue weighted by Crippen LogP contribution is 2.14. The topological polar surface area (TPSA) is 78.1 Å². The average Bonchev–Trinajstić information content (AvgIpc) is 3.23. The van der Waals surface area contributed by atoms with Crippen LogP contribution in [-0.4, -0.2) is 39.8 Å². The van der Waals surface area contributed by atoms with Crippen molar-refractivity contribution in [1.29, 1.82) is 0 Å². The predicted octanol–water partition coefficient (Wildman–Crippen LogP) is 5.08. The maximum Gasteiger partial charge on any atom is 0.321 e. The summed E-state index contributed by atoms with van der Waals surface area (Å²) in [5, 5.41) is 2.94. The molecule has 1 aromatic heterocycles. The fourth-order valence-electron chi connectivity index (χ4n) is 3.61. The number of imidazole rings is 1. The van der Waals surface area contributed by atoms with Gasteiger partial charge in [-0.3, -0.25) is 4.79 Å². The largest absolute Gasteiger partial charge is 0.342 e. The van der Waals surface area contributed by atoms with Crippen LogP contribution in [0.25, 0.3) is 11.0 Å². The van der Waals surface area contributed by atoms with E-state index in [4.69, 9.17) is 0 Å². The highest BCUT2D eigenvalue weighted by Gasteiger charge is 2.15. The van der Waals surface area contributed by atoms with E-state index in [0.717, 1.165) is 23.3 Å². The molecule has 4 rings (SSSR count). The molecule has 6 heteroatoms. The molecule has 0 spiro atoms. The van der Waals surface area contributed by atoms with Gasteiger partial charge in [-0.25, -0.2) is 9.78 Å². The summed E-state index contributed by atoms with van der Waals surface area (Å²) in [5.41, 5.74) is 4.26. The molecule has 0 atom stereocenters. The summed E-state index contributed by atoms with van der Waals surface area (Å²) in [4.78, 5) is 34.5. The number of hydrogen-bond donors (Lipinski definition) is 2. The van der Waals surface area contributed by atoms with Crippen molar-refractivity contribution in [1.82, 2.24) is 14.9 Å². The fraction of sp³-hybridized carbons (Fsp3) is 0.192. The number of aromatic amines is 1. The predicted molar refractivity (Wildman–Crippen MR) is 127 cm³/mol. The molecule has 0 aliphatic heterocycles. The number of aromatic nitrogens is 2. The Morgan fingerprint density at radius 3 is 2.44 bits per heavy atom. The Balaban J connectivity index is 1.47. The van der Waals surface area contributed by atoms with Gasteiger partial charge in [-0.2, -0.15) is 0 Å². The lowest BCUT2D eigenvalue weighted by molar-refractivity contribution is 0.101. The Kier molecular flexibility index (Phi) is 6.60. The number of carbonyl (C=O) groups excluding carboxylic acids is 2. The summed E-state index contributed by atoms with van der Waals surface area (Å²) in [5.74, 6) is 0.814. The van der Waals surface area contributed by atoms with E-state index in [2.05, 4.69) is 27.4 Å². The van der Waals surface area contributed by atoms with Crippen LogP contribution in [-0.2, 0) is 12.8 Å². The molecule has 6 nitrogen and oxygen atoms in total. The molecule has 0 radical (unpaired) electrons. The first-order valence-corrected chi connectivity index (χ1v) is 10.7. The number of hydrogen-bond acceptors (Lipinski definition) is 3. The SMILES string of the molecule is CC(=O)c1cccc(NC(=O)N(CCc2ccccc2)CCc2nc3ccccc3[nH]2)c1. The van der Waals surface area contributed by atoms with Gasteiger partial charge in [0.1, 0.15) is 5.82 Å². The number of rotatable bonds is 8. The number of carbonyl (C=O) groups is 2. The van der Waals surface area contributed by atoms with E-state index in [9.17, 15) is 9.59 Å². The Bertz CT molecular complexity index is 1180. The summed E-state index contributed by atoms with van der Waals surface area (Å²) < 4.78 is 0. The minimum atomic E-state index is -0.197. The van der Waals surface area contributed by atoms with Crippen LogP contribution in [0.15, 0.2) is 78.9 Å². The molecule has 162 valence electrons. The minimum Gasteiger partial charge on any atom is -0.342 e. The molecule has 3 aromatic carbocycles. The first-order valence-electron chi connectivity index (χ1n) is 10.7. The second kappa shape index (κ2) is 9.92. The highest BCUT2D eigenvalue weighted by molar-refractivity contribution is 5.96. The maximum atomic E-state index is 13.1. The number of H-pyrrole nitrogens is 1. The number of nitrogens with zero attached hydrogens (tertiary/aromatic N) is 2. The standard InChI is InChI=1S/C26H26N4O2/c1-19(31)21-10-7-11-22(18-21)27-26(32)30(16-14-20-8-3-2-4-9-20)17-15-25-28-23-12-5-6-13-24(23)29-25/h2-13,18H,14-17H2,1H3,(H,27,32)(H,28,29). The quantitative estimate of drug-likeness (QED) is 0.386. The van der Waals surface area contributed by atoms with Crippen LogP contribution < -0.4 is 5.32 Å². The van der Waals surface area contributed by atoms with Crippen molar-refractivity contribution in [2.75, 3.05) is 18.4 Å². The molecular formula is C26H26N4O2. The number of para-hydroxylation sites is 2. The van der Waals surface area contributed by atoms with Crippen LogP contribution in [0.2, 0.25) is 0 Å². The number of benzene rings is 3. The molecule has 4 aromatic rings. The molecule has 0 bridgehead atoms. The number of nitrogens with one attached hydrogen (secondary N) is 2. The molecule has 2 N–H and O–H groups in total. The van der Waals surface area contributed by atoms with Crippen molar-refractivity contribution in [2.24, 2.45) is 0 Å². The second-order valence-electron chi connectivity index (χ2n) is 7.74. The van der Waals surface area contributed by atoms with Gasteiger partial charge < -0.3 is 15.2 Å². The first-order chi connectivity index (χ1) is 15.6. The summed E-state index contributed by atoms with van der Waals surface area (Å²) >= 11 is 0. The van der Waals surface area contributed by atoms with Gasteiger partial charge in [-0.15, -0.1) is 0 Å². The van der Waals surface area contributed by atoms with Crippen molar-refractivity contribution >= 4 is 28.5 Å². The molecule has 32 heavy (non-hydrogen) atoms. The molecule has 0 aliphatic carbocycles. The number of ketones is 1. The Hall–Kier alpha value is -3.93. The molecule has 0 aliphatic rings. The number of urea groups is 1. The highest BCUT2D eigenvalue weighted by atomic mass is 16.2. The van der Waals surface area contributed by atoms with E-state index in [-0.39, 0.29) is 11.8 Å². The van der Waals surface area contributed by atoms with Gasteiger partial charge in [0.2, 0.25) is 0 Å². The zero-order valence-electron chi connectivity index (χ0n) is 18.0. The molecule has 2 amide bonds. The maximum absolute atomic E-state index is 13.1. The van der Waals surface area contributed by atoms with E-state index in [1.165, 1.54) is 12.5 Å². The third kappa shape index (κ3) is 5.40. The first kappa shape index (κ1) is 21.3. The normalized spacial score (nSPS) is 10.8. The van der Waals surface area contributed by atoms with Crippen molar-refractivity contribution in [2.45, 2.75) is 19.8 Å². The third-order valence-corrected chi connectivity index (χ3v) is 5.38. The lowest BCUT2D eigenvalue weighted by Gasteiger charge is -2.23. The van der Waals surface area contributed by atoms with Gasteiger partial charge in [-0.1, -0.05) is 54.6 Å². The van der Waals surface area contributed by atoms with Gasteiger partial charge >= 0.3 is 6.03 Å². The van der Waals surface area contributed by atoms with Gasteiger partial charge in [0, 0.05) is 30.8 Å². The number of fused-ring (bicyclic) bond motifs is 1. The van der Waals surface area contributed by atoms with E-state index < -0.39 is 0 Å². The Morgan fingerprint density at radius 2 is 1.66 bits per heavy atom. The average molecular weight is 427 g/mol. The monoisotopic (exact) mass is 426 g/mol. The smallest absolute Gasteiger partial charge is 0.321 e. The van der Waals surface area contributed by atoms with E-state index >= 15 is 0 Å². The number of Topliss-reactive ketones (excluding diaryl/α,β-unsaturated/α-hetero) is 1. The van der Waals surface area contributed by atoms with E-state index in [0.29, 0.717) is 30.8 Å². The lowest BCUT2D eigenvalue weighted by atomic mass is 10.1. The minimum absolute atomic E-state index is 0.0353. The molecule has 0 saturated carbocycles. The van der Waals surface area contributed by atoms with Gasteiger partial charge in [0.15, 0.2) is 5.78 Å². The molecule has 1 heterocycles. The molecule has 0 fully saturated rings. The van der Waals surface area contributed by atoms with Gasteiger partial charge in [0.05, 0.1) is 11.0 Å². The number of anilines is 1. The van der Waals surface area contributed by atoms with E-state index in [1.807, 2.05) is 42.5 Å². The van der Waals surface area contributed by atoms with Gasteiger partial charge in [-0.05, 0) is 43.2 Å². The van der Waals surface area contributed by atoms with Crippen LogP contribution >= 0.6 is 0 Å². The summed E-state index contributed by atoms with van der Waals surface area (Å²) in [6.45, 7) is 2.60. The van der Waals surface area contributed by atoms with Crippen LogP contribution in [0, 0.1) is 0 Å². The Morgan fingerprint density at radius 1 is 0.906 bits per heavy atom. The van der Waals surface area contributed by atoms with Crippen LogP contribution in [0.4, 0.5) is 10.5 Å². The van der Waals surface area contributed by atoms with Crippen molar-refractivity contribution in [3.05, 3.63) is 95.8 Å². The zero-order chi connectivity index (χ0) is 22.3. The summed E-state index contributed by atoms with van der Waals surface area (Å²) in [6, 6.07) is 24.8. The summed E-state index contributed by atoms with van der Waals surface area (Å²) in [6.07, 6.45) is 1.37. The Labute approximate surface area is 187 Å². The second-order valence-corrected chi connectivity index (χ2v) is 7.74. The van der Waals surface area contributed by atoms with E-state index in [1.54, 1.807) is 29.2 Å². The van der Waals surface area contributed by atoms with Crippen LogP contribution in [0.3, 0.4) is 0 Å². The van der Waals surface area contributed by atoms with Crippen LogP contribution in [0.1, 0.15) is 28.7 Å². The zero-order valence-corrected chi connectivity index (χ0v) is 18.0. The fourth-order valence-corrected chi connectivity index (χ4v) is 3.61. The molecular weight excluding hydrogens is 400 g/mol. The molecule has 0 unspecified atom stereocenters. The molecule has 0 saturated heterocycles. The van der Waals surface area contributed by atoms with Gasteiger partial charge in [0.25, 0.3) is 0 Å².